The number of anilines is 1. The summed E-state index contributed by atoms with van der Waals surface area (Å²) in [5.74, 6) is 0.687. The topological polar surface area (TPSA) is 80.1 Å². The number of hydrogen-bond donors (Lipinski definition) is 2. The minimum atomic E-state index is -0.673. The lowest BCUT2D eigenvalue weighted by Gasteiger charge is -2.39. The Kier molecular flexibility index (Phi) is 3.47. The second-order valence-electron chi connectivity index (χ2n) is 5.13. The van der Waals surface area contributed by atoms with Crippen LogP contribution in [0.2, 0.25) is 0 Å². The van der Waals surface area contributed by atoms with E-state index in [1.807, 2.05) is 32.0 Å². The Labute approximate surface area is 106 Å². The third-order valence-electron chi connectivity index (χ3n) is 3.38. The van der Waals surface area contributed by atoms with Crippen LogP contribution in [0.4, 0.5) is 5.82 Å². The minimum absolute atomic E-state index is 0.202. The van der Waals surface area contributed by atoms with Gasteiger partial charge in [0, 0.05) is 11.1 Å². The predicted molar refractivity (Wildman–Crippen MR) is 69.1 cm³/mol. The van der Waals surface area contributed by atoms with Crippen LogP contribution in [-0.2, 0) is 0 Å². The zero-order chi connectivity index (χ0) is 13.2. The molecule has 1 fully saturated rings. The second kappa shape index (κ2) is 4.89. The highest BCUT2D eigenvalue weighted by atomic mass is 16.6. The van der Waals surface area contributed by atoms with Crippen molar-refractivity contribution in [2.45, 2.75) is 37.9 Å². The average Bonchev–Trinajstić information content (AvgIpc) is 2.28. The molecule has 0 aromatic carbocycles. The van der Waals surface area contributed by atoms with Gasteiger partial charge in [0.1, 0.15) is 5.82 Å². The number of pyridine rings is 1. The lowest BCUT2D eigenvalue weighted by Crippen LogP contribution is -2.64. The molecule has 1 aliphatic rings. The van der Waals surface area contributed by atoms with Crippen LogP contribution in [0.5, 0.6) is 0 Å². The highest BCUT2D eigenvalue weighted by molar-refractivity contribution is 5.35. The third kappa shape index (κ3) is 2.59. The normalized spacial score (nSPS) is 26.6. The van der Waals surface area contributed by atoms with Crippen LogP contribution in [0.25, 0.3) is 0 Å². The Morgan fingerprint density at radius 2 is 2.33 bits per heavy atom. The molecule has 2 rings (SSSR count). The quantitative estimate of drug-likeness (QED) is 0.624. The van der Waals surface area contributed by atoms with Crippen molar-refractivity contribution in [3.8, 4) is 0 Å². The first-order valence-corrected chi connectivity index (χ1v) is 6.07. The molecule has 1 saturated heterocycles. The van der Waals surface area contributed by atoms with Gasteiger partial charge in [-0.3, -0.25) is 10.1 Å². The van der Waals surface area contributed by atoms with E-state index in [4.69, 9.17) is 0 Å². The van der Waals surface area contributed by atoms with Gasteiger partial charge in [-0.2, -0.15) is 0 Å². The maximum Gasteiger partial charge on any atom is 0.250 e. The Morgan fingerprint density at radius 1 is 1.56 bits per heavy atom. The van der Waals surface area contributed by atoms with Gasteiger partial charge in [-0.1, -0.05) is 6.07 Å². The molecule has 0 spiro atoms. The SMILES string of the molecule is CC1(C)NCCC(Nc2ccccn2)C1[N+](=O)[O-]. The largest absolute Gasteiger partial charge is 0.360 e. The molecule has 2 atom stereocenters. The highest BCUT2D eigenvalue weighted by Crippen LogP contribution is 2.24. The number of rotatable bonds is 3. The molecule has 0 amide bonds. The molecule has 0 bridgehead atoms. The second-order valence-corrected chi connectivity index (χ2v) is 5.13. The number of nitrogens with zero attached hydrogens (tertiary/aromatic N) is 2. The van der Waals surface area contributed by atoms with Gasteiger partial charge in [-0.25, -0.2) is 4.98 Å². The summed E-state index contributed by atoms with van der Waals surface area (Å²) in [7, 11) is 0. The smallest absolute Gasteiger partial charge is 0.250 e. The van der Waals surface area contributed by atoms with Gasteiger partial charge in [0.05, 0.1) is 11.6 Å². The fraction of sp³-hybridized carbons (Fsp3) is 0.583. The van der Waals surface area contributed by atoms with E-state index in [-0.39, 0.29) is 11.0 Å². The molecule has 0 aliphatic carbocycles. The molecular formula is C12H18N4O2. The number of piperidine rings is 1. The summed E-state index contributed by atoms with van der Waals surface area (Å²) in [6.45, 7) is 4.50. The number of nitro groups is 1. The summed E-state index contributed by atoms with van der Waals surface area (Å²) >= 11 is 0. The van der Waals surface area contributed by atoms with E-state index in [9.17, 15) is 10.1 Å². The van der Waals surface area contributed by atoms with E-state index in [1.165, 1.54) is 0 Å². The van der Waals surface area contributed by atoms with Crippen LogP contribution < -0.4 is 10.6 Å². The third-order valence-corrected chi connectivity index (χ3v) is 3.38. The molecule has 18 heavy (non-hydrogen) atoms. The molecule has 0 saturated carbocycles. The number of hydrogen-bond acceptors (Lipinski definition) is 5. The molecule has 1 aliphatic heterocycles. The molecule has 98 valence electrons. The summed E-state index contributed by atoms with van der Waals surface area (Å²) in [4.78, 5) is 15.2. The van der Waals surface area contributed by atoms with E-state index in [1.54, 1.807) is 6.20 Å². The summed E-state index contributed by atoms with van der Waals surface area (Å²) in [5.41, 5.74) is -0.520. The van der Waals surface area contributed by atoms with Crippen molar-refractivity contribution >= 4 is 5.82 Å². The van der Waals surface area contributed by atoms with Gasteiger partial charge in [0.2, 0.25) is 6.04 Å². The Balaban J connectivity index is 2.17. The van der Waals surface area contributed by atoms with Gasteiger partial charge in [0.15, 0.2) is 0 Å². The monoisotopic (exact) mass is 250 g/mol. The fourth-order valence-electron chi connectivity index (χ4n) is 2.51. The summed E-state index contributed by atoms with van der Waals surface area (Å²) in [5, 5.41) is 17.7. The van der Waals surface area contributed by atoms with E-state index in [0.29, 0.717) is 12.2 Å². The van der Waals surface area contributed by atoms with Crippen LogP contribution in [0, 0.1) is 10.1 Å². The van der Waals surface area contributed by atoms with Crippen molar-refractivity contribution in [3.05, 3.63) is 34.5 Å². The molecule has 2 unspecified atom stereocenters. The molecule has 2 heterocycles. The van der Waals surface area contributed by atoms with E-state index >= 15 is 0 Å². The van der Waals surface area contributed by atoms with Crippen molar-refractivity contribution in [3.63, 3.8) is 0 Å². The number of aromatic nitrogens is 1. The zero-order valence-corrected chi connectivity index (χ0v) is 10.6. The van der Waals surface area contributed by atoms with Crippen LogP contribution in [0.1, 0.15) is 20.3 Å². The summed E-state index contributed by atoms with van der Waals surface area (Å²) in [6.07, 6.45) is 2.39. The Morgan fingerprint density at radius 3 is 2.94 bits per heavy atom. The minimum Gasteiger partial charge on any atom is -0.360 e. The van der Waals surface area contributed by atoms with Gasteiger partial charge < -0.3 is 10.6 Å². The first-order valence-electron chi connectivity index (χ1n) is 6.07. The maximum atomic E-state index is 11.3. The van der Waals surface area contributed by atoms with Crippen molar-refractivity contribution in [2.75, 3.05) is 11.9 Å². The zero-order valence-electron chi connectivity index (χ0n) is 10.6. The molecule has 6 nitrogen and oxygen atoms in total. The highest BCUT2D eigenvalue weighted by Gasteiger charge is 2.47. The van der Waals surface area contributed by atoms with Crippen molar-refractivity contribution in [2.24, 2.45) is 0 Å². The molecule has 1 aromatic rings. The van der Waals surface area contributed by atoms with Crippen molar-refractivity contribution < 1.29 is 4.92 Å². The standard InChI is InChI=1S/C12H18N4O2/c1-12(2)11(16(17)18)9(6-8-14-12)15-10-5-3-4-7-13-10/h3-5,7,9,11,14H,6,8H2,1-2H3,(H,13,15). The van der Waals surface area contributed by atoms with Gasteiger partial charge in [-0.15, -0.1) is 0 Å². The van der Waals surface area contributed by atoms with Crippen molar-refractivity contribution in [1.82, 2.24) is 10.3 Å². The number of nitrogens with one attached hydrogen (secondary N) is 2. The maximum absolute atomic E-state index is 11.3. The lowest BCUT2D eigenvalue weighted by molar-refractivity contribution is -0.538. The Hall–Kier alpha value is -1.69. The molecule has 2 N–H and O–H groups in total. The van der Waals surface area contributed by atoms with Gasteiger partial charge >= 0.3 is 0 Å². The van der Waals surface area contributed by atoms with E-state index in [2.05, 4.69) is 15.6 Å². The van der Waals surface area contributed by atoms with E-state index < -0.39 is 11.6 Å². The first-order chi connectivity index (χ1) is 8.50. The molecular weight excluding hydrogens is 232 g/mol. The van der Waals surface area contributed by atoms with Gasteiger partial charge in [-0.05, 0) is 38.9 Å². The van der Waals surface area contributed by atoms with E-state index in [0.717, 1.165) is 6.54 Å². The summed E-state index contributed by atoms with van der Waals surface area (Å²) in [6, 6.07) is 4.64. The average molecular weight is 250 g/mol. The van der Waals surface area contributed by atoms with Crippen molar-refractivity contribution in [1.29, 1.82) is 0 Å². The molecule has 0 radical (unpaired) electrons. The molecule has 6 heteroatoms. The van der Waals surface area contributed by atoms with Gasteiger partial charge in [0.25, 0.3) is 0 Å². The fourth-order valence-corrected chi connectivity index (χ4v) is 2.51. The molecule has 1 aromatic heterocycles. The summed E-state index contributed by atoms with van der Waals surface area (Å²) < 4.78 is 0. The predicted octanol–water partition coefficient (Wildman–Crippen LogP) is 1.28. The van der Waals surface area contributed by atoms with Crippen LogP contribution in [-0.4, -0.2) is 34.1 Å². The lowest BCUT2D eigenvalue weighted by atomic mass is 9.84. The van der Waals surface area contributed by atoms with Crippen LogP contribution >= 0.6 is 0 Å². The first kappa shape index (κ1) is 12.8. The van der Waals surface area contributed by atoms with Crippen LogP contribution in [0.15, 0.2) is 24.4 Å². The van der Waals surface area contributed by atoms with Crippen LogP contribution in [0.3, 0.4) is 0 Å². The Bertz CT molecular complexity index is 421.